The highest BCUT2D eigenvalue weighted by Gasteiger charge is 2.53. The fourth-order valence-corrected chi connectivity index (χ4v) is 6.56. The molecule has 1 amide bonds. The molecule has 3 aliphatic rings. The van der Waals surface area contributed by atoms with Crippen LogP contribution in [-0.4, -0.2) is 33.8 Å². The van der Waals surface area contributed by atoms with E-state index >= 15 is 0 Å². The summed E-state index contributed by atoms with van der Waals surface area (Å²) in [4.78, 5) is 31.5. The molecule has 2 bridgehead atoms. The minimum Gasteiger partial charge on any atom is -0.481 e. The fourth-order valence-electron chi connectivity index (χ4n) is 5.43. The number of pyridine rings is 1. The van der Waals surface area contributed by atoms with Crippen molar-refractivity contribution in [3.05, 3.63) is 58.6 Å². The van der Waals surface area contributed by atoms with E-state index in [0.717, 1.165) is 31.5 Å². The van der Waals surface area contributed by atoms with Gasteiger partial charge in [0.05, 0.1) is 22.2 Å². The number of nitrogens with zero attached hydrogens (tertiary/aromatic N) is 1. The molecule has 3 aromatic rings. The van der Waals surface area contributed by atoms with Gasteiger partial charge >= 0.3 is 5.97 Å². The minimum absolute atomic E-state index is 0.105. The number of nitrogens with one attached hydrogen (secondary N) is 1. The summed E-state index contributed by atoms with van der Waals surface area (Å²) in [6.07, 6.45) is 5.96. The molecule has 2 aromatic carbocycles. The summed E-state index contributed by atoms with van der Waals surface area (Å²) in [6, 6.07) is 15.8. The molecular weight excluding hydrogens is 500 g/mol. The number of carboxylic acids is 1. The number of rotatable bonds is 5. The largest absolute Gasteiger partial charge is 0.481 e. The summed E-state index contributed by atoms with van der Waals surface area (Å²) < 4.78 is 0.894. The lowest BCUT2D eigenvalue weighted by atomic mass is 9.57. The van der Waals surface area contributed by atoms with Crippen molar-refractivity contribution >= 4 is 50.5 Å². The normalized spacial score (nSPS) is 24.1. The SMILES string of the molecule is CSc1c(-c2ccccc2)nc2ccc(Br)cc2c1C(=O)NC12CCC(C(=O)O)(CC1)CC2. The van der Waals surface area contributed by atoms with E-state index in [1.165, 1.54) is 11.8 Å². The maximum Gasteiger partial charge on any atom is 0.309 e. The molecule has 1 aromatic heterocycles. The van der Waals surface area contributed by atoms with Crippen molar-refractivity contribution in [1.82, 2.24) is 10.3 Å². The van der Waals surface area contributed by atoms with Gasteiger partial charge in [-0.15, -0.1) is 11.8 Å². The van der Waals surface area contributed by atoms with E-state index in [0.29, 0.717) is 44.1 Å². The summed E-state index contributed by atoms with van der Waals surface area (Å²) in [5, 5.41) is 13.9. The fraction of sp³-hybridized carbons (Fsp3) is 0.346. The molecule has 170 valence electrons. The molecule has 0 atom stereocenters. The Kier molecular flexibility index (Phi) is 5.73. The van der Waals surface area contributed by atoms with Crippen LogP contribution >= 0.6 is 27.7 Å². The monoisotopic (exact) mass is 524 g/mol. The lowest BCUT2D eigenvalue weighted by Gasteiger charge is -2.51. The molecule has 7 heteroatoms. The van der Waals surface area contributed by atoms with Crippen LogP contribution in [0.15, 0.2) is 57.9 Å². The second-order valence-electron chi connectivity index (χ2n) is 9.22. The number of aromatic nitrogens is 1. The molecule has 6 rings (SSSR count). The number of carboxylic acid groups (broad SMARTS) is 1. The van der Waals surface area contributed by atoms with Gasteiger partial charge in [-0.05, 0) is 63.0 Å². The average Bonchev–Trinajstić information content (AvgIpc) is 2.84. The standard InChI is InChI=1S/C26H25BrN2O3S/c1-33-22-20(23(30)29-26-12-9-25(10-13-26,11-14-26)24(31)32)18-15-17(27)7-8-19(18)28-21(22)16-5-3-2-4-6-16/h2-8,15H,9-14H2,1H3,(H,29,30)(H,31,32). The highest BCUT2D eigenvalue weighted by Crippen LogP contribution is 2.52. The first-order valence-corrected chi connectivity index (χ1v) is 13.2. The van der Waals surface area contributed by atoms with E-state index < -0.39 is 11.4 Å². The molecule has 0 spiro atoms. The highest BCUT2D eigenvalue weighted by atomic mass is 79.9. The molecule has 0 aliphatic heterocycles. The number of hydrogen-bond acceptors (Lipinski definition) is 4. The van der Waals surface area contributed by atoms with Crippen molar-refractivity contribution in [3.63, 3.8) is 0 Å². The van der Waals surface area contributed by atoms with Crippen LogP contribution in [0.3, 0.4) is 0 Å². The molecule has 0 saturated heterocycles. The Morgan fingerprint density at radius 1 is 1.03 bits per heavy atom. The molecule has 2 N–H and O–H groups in total. The summed E-state index contributed by atoms with van der Waals surface area (Å²) in [5.74, 6) is -0.795. The van der Waals surface area contributed by atoms with Crippen LogP contribution in [0, 0.1) is 5.41 Å². The number of thioether (sulfide) groups is 1. The number of aliphatic carboxylic acids is 1. The number of halogens is 1. The first-order valence-electron chi connectivity index (χ1n) is 11.2. The molecule has 3 aliphatic carbocycles. The zero-order chi connectivity index (χ0) is 23.2. The zero-order valence-corrected chi connectivity index (χ0v) is 20.8. The molecule has 3 saturated carbocycles. The Balaban J connectivity index is 1.59. The molecule has 1 heterocycles. The highest BCUT2D eigenvalue weighted by molar-refractivity contribution is 9.10. The first-order chi connectivity index (χ1) is 15.9. The van der Waals surface area contributed by atoms with Crippen LogP contribution in [0.2, 0.25) is 0 Å². The van der Waals surface area contributed by atoms with Crippen molar-refractivity contribution < 1.29 is 14.7 Å². The molecule has 5 nitrogen and oxygen atoms in total. The second kappa shape index (κ2) is 8.44. The predicted molar refractivity (Wildman–Crippen MR) is 135 cm³/mol. The van der Waals surface area contributed by atoms with E-state index in [9.17, 15) is 14.7 Å². The number of fused-ring (bicyclic) bond motifs is 4. The third kappa shape index (κ3) is 3.85. The molecular formula is C26H25BrN2O3S. The topological polar surface area (TPSA) is 79.3 Å². The van der Waals surface area contributed by atoms with Gasteiger partial charge in [0.1, 0.15) is 0 Å². The van der Waals surface area contributed by atoms with Gasteiger partial charge in [0, 0.05) is 25.9 Å². The maximum atomic E-state index is 13.9. The number of benzene rings is 2. The van der Waals surface area contributed by atoms with Gasteiger partial charge in [-0.25, -0.2) is 4.98 Å². The van der Waals surface area contributed by atoms with Crippen molar-refractivity contribution in [3.8, 4) is 11.3 Å². The van der Waals surface area contributed by atoms with Crippen molar-refractivity contribution in [1.29, 1.82) is 0 Å². The van der Waals surface area contributed by atoms with Crippen molar-refractivity contribution in [2.24, 2.45) is 5.41 Å². The number of carbonyl (C=O) groups excluding carboxylic acids is 1. The lowest BCUT2D eigenvalue weighted by Crippen LogP contribution is -2.58. The van der Waals surface area contributed by atoms with E-state index in [-0.39, 0.29) is 11.4 Å². The minimum atomic E-state index is -0.690. The number of carbonyl (C=O) groups is 2. The van der Waals surface area contributed by atoms with E-state index in [4.69, 9.17) is 4.98 Å². The Morgan fingerprint density at radius 3 is 2.30 bits per heavy atom. The quantitative estimate of drug-likeness (QED) is 0.383. The molecule has 0 radical (unpaired) electrons. The van der Waals surface area contributed by atoms with Gasteiger partial charge in [-0.3, -0.25) is 9.59 Å². The Labute approximate surface area is 205 Å². The van der Waals surface area contributed by atoms with E-state index in [2.05, 4.69) is 21.2 Å². The first kappa shape index (κ1) is 22.4. The van der Waals surface area contributed by atoms with Gasteiger partial charge in [-0.2, -0.15) is 0 Å². The van der Waals surface area contributed by atoms with E-state index in [1.54, 1.807) is 0 Å². The maximum absolute atomic E-state index is 13.9. The van der Waals surface area contributed by atoms with Crippen LogP contribution in [0.25, 0.3) is 22.2 Å². The molecule has 33 heavy (non-hydrogen) atoms. The lowest BCUT2D eigenvalue weighted by molar-refractivity contribution is -0.156. The van der Waals surface area contributed by atoms with Gasteiger partial charge in [0.15, 0.2) is 0 Å². The molecule has 0 unspecified atom stereocenters. The molecule has 3 fully saturated rings. The second-order valence-corrected chi connectivity index (χ2v) is 10.9. The van der Waals surface area contributed by atoms with Crippen LogP contribution < -0.4 is 5.32 Å². The van der Waals surface area contributed by atoms with Crippen LogP contribution in [-0.2, 0) is 4.79 Å². The third-order valence-electron chi connectivity index (χ3n) is 7.46. The average molecular weight is 525 g/mol. The smallest absolute Gasteiger partial charge is 0.309 e. The van der Waals surface area contributed by atoms with Gasteiger partial charge in [0.25, 0.3) is 5.91 Å². The number of amides is 1. The van der Waals surface area contributed by atoms with Crippen molar-refractivity contribution in [2.45, 2.75) is 49.0 Å². The van der Waals surface area contributed by atoms with Gasteiger partial charge in [0.2, 0.25) is 0 Å². The summed E-state index contributed by atoms with van der Waals surface area (Å²) >= 11 is 5.08. The van der Waals surface area contributed by atoms with E-state index in [1.807, 2.05) is 54.8 Å². The third-order valence-corrected chi connectivity index (χ3v) is 8.76. The van der Waals surface area contributed by atoms with Gasteiger partial charge < -0.3 is 10.4 Å². The Bertz CT molecular complexity index is 1240. The van der Waals surface area contributed by atoms with Crippen LogP contribution in [0.5, 0.6) is 0 Å². The Morgan fingerprint density at radius 2 is 1.70 bits per heavy atom. The van der Waals surface area contributed by atoms with Gasteiger partial charge in [-0.1, -0.05) is 46.3 Å². The zero-order valence-electron chi connectivity index (χ0n) is 18.4. The van der Waals surface area contributed by atoms with Crippen molar-refractivity contribution in [2.75, 3.05) is 6.26 Å². The Hall–Kier alpha value is -2.38. The summed E-state index contributed by atoms with van der Waals surface area (Å²) in [5.41, 5.74) is 2.25. The summed E-state index contributed by atoms with van der Waals surface area (Å²) in [6.45, 7) is 0. The predicted octanol–water partition coefficient (Wildman–Crippen LogP) is 6.29. The number of hydrogen-bond donors (Lipinski definition) is 2. The van der Waals surface area contributed by atoms with Crippen LogP contribution in [0.4, 0.5) is 0 Å². The summed E-state index contributed by atoms with van der Waals surface area (Å²) in [7, 11) is 0. The van der Waals surface area contributed by atoms with Crippen LogP contribution in [0.1, 0.15) is 48.9 Å².